The van der Waals surface area contributed by atoms with Crippen molar-refractivity contribution in [2.45, 2.75) is 12.5 Å². The minimum atomic E-state index is -0.286. The number of carbonyl (C=O) groups is 1. The van der Waals surface area contributed by atoms with E-state index < -0.39 is 0 Å². The van der Waals surface area contributed by atoms with Crippen molar-refractivity contribution in [2.24, 2.45) is 5.73 Å². The monoisotopic (exact) mass is 276 g/mol. The Kier molecular flexibility index (Phi) is 3.75. The molecule has 0 saturated heterocycles. The summed E-state index contributed by atoms with van der Waals surface area (Å²) < 4.78 is 0. The summed E-state index contributed by atoms with van der Waals surface area (Å²) in [6.07, 6.45) is 3.75. The second-order valence-electron chi connectivity index (χ2n) is 5.05. The average Bonchev–Trinajstić information content (AvgIpc) is 2.55. The number of nitrogens with zero attached hydrogens (tertiary/aromatic N) is 1. The highest BCUT2D eigenvalue weighted by Gasteiger charge is 2.15. The number of carbonyl (C=O) groups excluding carboxylic acids is 1. The van der Waals surface area contributed by atoms with E-state index in [0.717, 1.165) is 16.3 Å². The van der Waals surface area contributed by atoms with Crippen LogP contribution in [0, 0.1) is 0 Å². The number of aromatic nitrogens is 1. The lowest BCUT2D eigenvalue weighted by atomic mass is 9.96. The predicted octanol–water partition coefficient (Wildman–Crippen LogP) is 3.51. The van der Waals surface area contributed by atoms with E-state index in [2.05, 4.69) is 4.98 Å². The molecule has 1 unspecified atom stereocenters. The van der Waals surface area contributed by atoms with E-state index >= 15 is 0 Å². The molecule has 3 heteroatoms. The van der Waals surface area contributed by atoms with Gasteiger partial charge in [0.1, 0.15) is 0 Å². The van der Waals surface area contributed by atoms with Gasteiger partial charge in [-0.3, -0.25) is 9.78 Å². The second kappa shape index (κ2) is 5.85. The Morgan fingerprint density at radius 3 is 2.67 bits per heavy atom. The summed E-state index contributed by atoms with van der Waals surface area (Å²) in [6, 6.07) is 17.0. The number of Topliss-reactive ketones (excluding diaryl/α,β-unsaturated/α-hetero) is 1. The Morgan fingerprint density at radius 2 is 1.86 bits per heavy atom. The number of benzene rings is 2. The van der Waals surface area contributed by atoms with Gasteiger partial charge < -0.3 is 5.73 Å². The first-order valence-corrected chi connectivity index (χ1v) is 6.92. The molecule has 0 aliphatic carbocycles. The molecule has 1 aromatic heterocycles. The van der Waals surface area contributed by atoms with Crippen molar-refractivity contribution in [1.29, 1.82) is 0 Å². The Bertz CT molecular complexity index is 763. The van der Waals surface area contributed by atoms with Crippen molar-refractivity contribution in [3.8, 4) is 0 Å². The Hall–Kier alpha value is -2.52. The minimum absolute atomic E-state index is 0.0463. The van der Waals surface area contributed by atoms with Crippen LogP contribution in [0.3, 0.4) is 0 Å². The molecule has 0 amide bonds. The van der Waals surface area contributed by atoms with Crippen LogP contribution >= 0.6 is 0 Å². The number of hydrogen-bond donors (Lipinski definition) is 1. The average molecular weight is 276 g/mol. The first kappa shape index (κ1) is 13.5. The maximum Gasteiger partial charge on any atom is 0.165 e. The third kappa shape index (κ3) is 2.83. The van der Waals surface area contributed by atoms with Crippen LogP contribution in [0.5, 0.6) is 0 Å². The Balaban J connectivity index is 1.88. The van der Waals surface area contributed by atoms with Gasteiger partial charge in [0.2, 0.25) is 0 Å². The highest BCUT2D eigenvalue weighted by Crippen LogP contribution is 2.22. The van der Waals surface area contributed by atoms with Crippen molar-refractivity contribution in [2.75, 3.05) is 0 Å². The fourth-order valence-corrected chi connectivity index (χ4v) is 2.48. The lowest BCUT2D eigenvalue weighted by Gasteiger charge is -2.12. The zero-order chi connectivity index (χ0) is 14.7. The van der Waals surface area contributed by atoms with Crippen LogP contribution in [0.4, 0.5) is 0 Å². The molecule has 1 heterocycles. The summed E-state index contributed by atoms with van der Waals surface area (Å²) in [6.45, 7) is 0. The van der Waals surface area contributed by atoms with Gasteiger partial charge in [0.25, 0.3) is 0 Å². The Morgan fingerprint density at radius 1 is 1.05 bits per heavy atom. The van der Waals surface area contributed by atoms with Crippen molar-refractivity contribution in [3.63, 3.8) is 0 Å². The maximum atomic E-state index is 12.5. The van der Waals surface area contributed by atoms with Crippen LogP contribution in [0.25, 0.3) is 10.8 Å². The molecule has 0 bridgehead atoms. The maximum absolute atomic E-state index is 12.5. The molecule has 1 atom stereocenters. The summed E-state index contributed by atoms with van der Waals surface area (Å²) in [5, 5.41) is 1.90. The predicted molar refractivity (Wildman–Crippen MR) is 84.1 cm³/mol. The SMILES string of the molecule is NC(CC(=O)c1cccc2ccncc12)c1ccccc1. The summed E-state index contributed by atoms with van der Waals surface area (Å²) in [5.74, 6) is 0.0463. The largest absolute Gasteiger partial charge is 0.324 e. The molecule has 0 aliphatic heterocycles. The fourth-order valence-electron chi connectivity index (χ4n) is 2.48. The molecular weight excluding hydrogens is 260 g/mol. The van der Waals surface area contributed by atoms with Crippen LogP contribution in [-0.2, 0) is 0 Å². The summed E-state index contributed by atoms with van der Waals surface area (Å²) in [4.78, 5) is 16.6. The lowest BCUT2D eigenvalue weighted by Crippen LogP contribution is -2.15. The van der Waals surface area contributed by atoms with Gasteiger partial charge in [-0.1, -0.05) is 48.5 Å². The number of fused-ring (bicyclic) bond motifs is 1. The van der Waals surface area contributed by atoms with E-state index in [1.54, 1.807) is 12.4 Å². The fraction of sp³-hybridized carbons (Fsp3) is 0.111. The van der Waals surface area contributed by atoms with Gasteiger partial charge in [-0.15, -0.1) is 0 Å². The summed E-state index contributed by atoms with van der Waals surface area (Å²) in [7, 11) is 0. The van der Waals surface area contributed by atoms with Crippen molar-refractivity contribution in [1.82, 2.24) is 4.98 Å². The van der Waals surface area contributed by atoms with Gasteiger partial charge in [-0.05, 0) is 17.0 Å². The van der Waals surface area contributed by atoms with Gasteiger partial charge in [-0.2, -0.15) is 0 Å². The molecule has 0 fully saturated rings. The number of hydrogen-bond acceptors (Lipinski definition) is 3. The first-order valence-electron chi connectivity index (χ1n) is 6.92. The molecule has 0 aliphatic rings. The first-order chi connectivity index (χ1) is 10.3. The molecule has 2 aromatic carbocycles. The molecular formula is C18H16N2O. The van der Waals surface area contributed by atoms with E-state index in [0.29, 0.717) is 5.56 Å². The van der Waals surface area contributed by atoms with Crippen LogP contribution in [0.1, 0.15) is 28.4 Å². The molecule has 0 radical (unpaired) electrons. The van der Waals surface area contributed by atoms with E-state index in [-0.39, 0.29) is 18.2 Å². The van der Waals surface area contributed by atoms with Gasteiger partial charge in [0.15, 0.2) is 5.78 Å². The summed E-state index contributed by atoms with van der Waals surface area (Å²) in [5.41, 5.74) is 7.80. The number of ketones is 1. The minimum Gasteiger partial charge on any atom is -0.324 e. The molecule has 0 spiro atoms. The zero-order valence-corrected chi connectivity index (χ0v) is 11.6. The van der Waals surface area contributed by atoms with Crippen molar-refractivity contribution < 1.29 is 4.79 Å². The second-order valence-corrected chi connectivity index (χ2v) is 5.05. The number of rotatable bonds is 4. The summed E-state index contributed by atoms with van der Waals surface area (Å²) >= 11 is 0. The third-order valence-corrected chi connectivity index (χ3v) is 3.62. The van der Waals surface area contributed by atoms with Gasteiger partial charge >= 0.3 is 0 Å². The molecule has 104 valence electrons. The van der Waals surface area contributed by atoms with Crippen LogP contribution in [-0.4, -0.2) is 10.8 Å². The zero-order valence-electron chi connectivity index (χ0n) is 11.6. The number of nitrogens with two attached hydrogens (primary N) is 1. The quantitative estimate of drug-likeness (QED) is 0.742. The van der Waals surface area contributed by atoms with Gasteiger partial charge in [0, 0.05) is 35.8 Å². The molecule has 0 saturated carbocycles. The molecule has 3 aromatic rings. The molecule has 3 nitrogen and oxygen atoms in total. The molecule has 21 heavy (non-hydrogen) atoms. The van der Waals surface area contributed by atoms with E-state index in [9.17, 15) is 4.79 Å². The van der Waals surface area contributed by atoms with E-state index in [1.807, 2.05) is 54.6 Å². The van der Waals surface area contributed by atoms with Gasteiger partial charge in [-0.25, -0.2) is 0 Å². The number of pyridine rings is 1. The highest BCUT2D eigenvalue weighted by molar-refractivity contribution is 6.08. The standard InChI is InChI=1S/C18H16N2O/c19-17(14-5-2-1-3-6-14)11-18(21)15-8-4-7-13-9-10-20-12-16(13)15/h1-10,12,17H,11,19H2. The van der Waals surface area contributed by atoms with Crippen molar-refractivity contribution >= 4 is 16.6 Å². The molecule has 3 rings (SSSR count). The highest BCUT2D eigenvalue weighted by atomic mass is 16.1. The van der Waals surface area contributed by atoms with Crippen LogP contribution in [0.2, 0.25) is 0 Å². The van der Waals surface area contributed by atoms with Crippen LogP contribution < -0.4 is 5.73 Å². The van der Waals surface area contributed by atoms with Crippen molar-refractivity contribution in [3.05, 3.63) is 78.1 Å². The van der Waals surface area contributed by atoms with E-state index in [4.69, 9.17) is 5.73 Å². The Labute approximate surface area is 123 Å². The third-order valence-electron chi connectivity index (χ3n) is 3.62. The van der Waals surface area contributed by atoms with Gasteiger partial charge in [0.05, 0.1) is 0 Å². The smallest absolute Gasteiger partial charge is 0.165 e. The normalized spacial score (nSPS) is 12.2. The van der Waals surface area contributed by atoms with E-state index in [1.165, 1.54) is 0 Å². The molecule has 2 N–H and O–H groups in total. The lowest BCUT2D eigenvalue weighted by molar-refractivity contribution is 0.0976. The van der Waals surface area contributed by atoms with Crippen LogP contribution in [0.15, 0.2) is 67.0 Å². The topological polar surface area (TPSA) is 56.0 Å².